The van der Waals surface area contributed by atoms with Crippen molar-refractivity contribution in [2.45, 2.75) is 38.0 Å². The number of benzene rings is 4. The maximum Gasteiger partial charge on any atom is 0.0543 e. The summed E-state index contributed by atoms with van der Waals surface area (Å²) in [4.78, 5) is 0. The van der Waals surface area contributed by atoms with Gasteiger partial charge in [0.15, 0.2) is 0 Å². The third kappa shape index (κ3) is 3.25. The van der Waals surface area contributed by atoms with Gasteiger partial charge in [0, 0.05) is 10.8 Å². The smallest absolute Gasteiger partial charge is 0.0543 e. The van der Waals surface area contributed by atoms with Crippen molar-refractivity contribution in [3.63, 3.8) is 0 Å². The van der Waals surface area contributed by atoms with Crippen LogP contribution in [0.25, 0.3) is 38.6 Å². The van der Waals surface area contributed by atoms with Gasteiger partial charge in [0.05, 0.1) is 16.9 Å². The summed E-state index contributed by atoms with van der Waals surface area (Å²) >= 11 is 0. The molecule has 0 radical (unpaired) electrons. The number of para-hydroxylation sites is 1. The van der Waals surface area contributed by atoms with Crippen LogP contribution in [-0.4, -0.2) is 4.57 Å². The summed E-state index contributed by atoms with van der Waals surface area (Å²) in [5.74, 6) is 0.680. The number of hydrogen-bond acceptors (Lipinski definition) is 0. The highest BCUT2D eigenvalue weighted by Gasteiger charge is 2.20. The number of aromatic nitrogens is 1. The Morgan fingerprint density at radius 1 is 0.613 bits per heavy atom. The number of fused-ring (bicyclic) bond motifs is 2. The Hall–Kier alpha value is -3.32. The van der Waals surface area contributed by atoms with Crippen LogP contribution in [0.15, 0.2) is 97.1 Å². The van der Waals surface area contributed by atoms with E-state index in [1.165, 1.54) is 76.3 Å². The van der Waals surface area contributed by atoms with Crippen molar-refractivity contribution >= 4 is 21.7 Å². The minimum atomic E-state index is 0.680. The highest BCUT2D eigenvalue weighted by molar-refractivity contribution is 5.96. The van der Waals surface area contributed by atoms with Crippen molar-refractivity contribution in [1.82, 2.24) is 4.57 Å². The van der Waals surface area contributed by atoms with Gasteiger partial charge in [-0.3, -0.25) is 0 Å². The average molecular weight is 402 g/mol. The van der Waals surface area contributed by atoms with Crippen LogP contribution in [0.4, 0.5) is 0 Å². The van der Waals surface area contributed by atoms with Gasteiger partial charge in [-0.05, 0) is 53.5 Å². The minimum absolute atomic E-state index is 0.680. The summed E-state index contributed by atoms with van der Waals surface area (Å²) in [5.41, 5.74) is 6.59. The molecule has 1 heteroatoms. The van der Waals surface area contributed by atoms with Crippen LogP contribution in [0.3, 0.4) is 0 Å². The molecule has 4 aromatic carbocycles. The molecule has 1 fully saturated rings. The Balaban J connectivity index is 1.67. The molecule has 1 saturated carbocycles. The fourth-order valence-corrected chi connectivity index (χ4v) is 5.41. The Kier molecular flexibility index (Phi) is 4.61. The Labute approximate surface area is 184 Å². The van der Waals surface area contributed by atoms with Crippen molar-refractivity contribution in [2.24, 2.45) is 0 Å². The zero-order chi connectivity index (χ0) is 20.6. The van der Waals surface area contributed by atoms with Gasteiger partial charge >= 0.3 is 0 Å². The monoisotopic (exact) mass is 401 g/mol. The maximum atomic E-state index is 2.49. The van der Waals surface area contributed by atoms with Crippen LogP contribution < -0.4 is 0 Å². The van der Waals surface area contributed by atoms with E-state index in [0.717, 1.165) is 0 Å². The molecule has 0 atom stereocenters. The zero-order valence-corrected chi connectivity index (χ0v) is 17.8. The molecular weight excluding hydrogens is 374 g/mol. The van der Waals surface area contributed by atoms with Crippen molar-refractivity contribution in [1.29, 1.82) is 0 Å². The minimum Gasteiger partial charge on any atom is -0.309 e. The highest BCUT2D eigenvalue weighted by atomic mass is 15.0. The molecule has 1 heterocycles. The van der Waals surface area contributed by atoms with Crippen LogP contribution in [0.1, 0.15) is 43.6 Å². The number of nitrogens with zero attached hydrogens (tertiary/aromatic N) is 1. The van der Waals surface area contributed by atoms with Crippen LogP contribution >= 0.6 is 0 Å². The third-order valence-corrected chi connectivity index (χ3v) is 6.96. The van der Waals surface area contributed by atoms with Gasteiger partial charge in [-0.2, -0.15) is 0 Å². The normalized spacial score (nSPS) is 15.0. The van der Waals surface area contributed by atoms with Crippen molar-refractivity contribution in [2.75, 3.05) is 0 Å². The topological polar surface area (TPSA) is 4.93 Å². The fourth-order valence-electron chi connectivity index (χ4n) is 5.41. The van der Waals surface area contributed by atoms with Gasteiger partial charge in [-0.1, -0.05) is 98.1 Å². The van der Waals surface area contributed by atoms with Gasteiger partial charge in [-0.15, -0.1) is 0 Å². The lowest BCUT2D eigenvalue weighted by Gasteiger charge is -2.24. The predicted octanol–water partition coefficient (Wildman–Crippen LogP) is 8.50. The van der Waals surface area contributed by atoms with Gasteiger partial charge < -0.3 is 4.57 Å². The third-order valence-electron chi connectivity index (χ3n) is 6.96. The number of rotatable bonds is 3. The summed E-state index contributed by atoms with van der Waals surface area (Å²) in [6, 6.07) is 35.7. The maximum absolute atomic E-state index is 2.49. The first-order chi connectivity index (χ1) is 15.4. The van der Waals surface area contributed by atoms with E-state index < -0.39 is 0 Å². The Morgan fingerprint density at radius 2 is 1.32 bits per heavy atom. The zero-order valence-electron chi connectivity index (χ0n) is 17.8. The van der Waals surface area contributed by atoms with E-state index in [9.17, 15) is 0 Å². The second kappa shape index (κ2) is 7.74. The quantitative estimate of drug-likeness (QED) is 0.285. The lowest BCUT2D eigenvalue weighted by molar-refractivity contribution is 0.444. The lowest BCUT2D eigenvalue weighted by Crippen LogP contribution is -2.06. The first-order valence-corrected chi connectivity index (χ1v) is 11.6. The Morgan fingerprint density at radius 3 is 2.16 bits per heavy atom. The molecule has 0 amide bonds. The average Bonchev–Trinajstić information content (AvgIpc) is 3.24. The molecular formula is C30H27N. The molecule has 152 valence electrons. The van der Waals surface area contributed by atoms with E-state index in [-0.39, 0.29) is 0 Å². The van der Waals surface area contributed by atoms with E-state index in [1.54, 1.807) is 0 Å². The van der Waals surface area contributed by atoms with E-state index in [1.807, 2.05) is 0 Å². The highest BCUT2D eigenvalue weighted by Crippen LogP contribution is 2.39. The molecule has 0 unspecified atom stereocenters. The molecule has 0 aliphatic heterocycles. The fraction of sp³-hybridized carbons (Fsp3) is 0.200. The van der Waals surface area contributed by atoms with Crippen LogP contribution in [0, 0.1) is 0 Å². The molecule has 0 N–H and O–H groups in total. The van der Waals surface area contributed by atoms with Gasteiger partial charge in [0.1, 0.15) is 0 Å². The summed E-state index contributed by atoms with van der Waals surface area (Å²) in [5, 5.41) is 3.95. The van der Waals surface area contributed by atoms with Crippen molar-refractivity contribution < 1.29 is 0 Å². The van der Waals surface area contributed by atoms with E-state index >= 15 is 0 Å². The summed E-state index contributed by atoms with van der Waals surface area (Å²) < 4.78 is 2.49. The SMILES string of the molecule is c1ccc(-c2cc3ccccc3n2-c2cc(C3CCCCC3)cc3ccccc23)cc1. The van der Waals surface area contributed by atoms with E-state index in [4.69, 9.17) is 0 Å². The van der Waals surface area contributed by atoms with Crippen LogP contribution in [0.5, 0.6) is 0 Å². The summed E-state index contributed by atoms with van der Waals surface area (Å²) in [7, 11) is 0. The molecule has 6 rings (SSSR count). The molecule has 0 saturated heterocycles. The van der Waals surface area contributed by atoms with Crippen LogP contribution in [-0.2, 0) is 0 Å². The largest absolute Gasteiger partial charge is 0.309 e. The van der Waals surface area contributed by atoms with Crippen molar-refractivity contribution in [3.8, 4) is 16.9 Å². The first-order valence-electron chi connectivity index (χ1n) is 11.6. The van der Waals surface area contributed by atoms with Crippen molar-refractivity contribution in [3.05, 3.63) is 103 Å². The van der Waals surface area contributed by atoms with Crippen LogP contribution in [0.2, 0.25) is 0 Å². The van der Waals surface area contributed by atoms with Gasteiger partial charge in [0.2, 0.25) is 0 Å². The molecule has 1 aromatic heterocycles. The second-order valence-electron chi connectivity index (χ2n) is 8.89. The molecule has 5 aromatic rings. The van der Waals surface area contributed by atoms with Gasteiger partial charge in [0.25, 0.3) is 0 Å². The van der Waals surface area contributed by atoms with E-state index in [2.05, 4.69) is 102 Å². The molecule has 1 aliphatic carbocycles. The van der Waals surface area contributed by atoms with E-state index in [0.29, 0.717) is 5.92 Å². The first kappa shape index (κ1) is 18.4. The Bertz CT molecular complexity index is 1350. The predicted molar refractivity (Wildman–Crippen MR) is 132 cm³/mol. The standard InChI is InChI=1S/C30H27N/c1-3-11-22(12-4-1)26-19-24-15-7-9-17-27(24)30(21-26)31-28-18-10-8-16-25(28)20-29(31)23-13-5-2-6-14-23/h2,5-10,13-22H,1,3-4,11-12H2. The number of hydrogen-bond donors (Lipinski definition) is 0. The second-order valence-corrected chi connectivity index (χ2v) is 8.89. The molecule has 0 spiro atoms. The molecule has 31 heavy (non-hydrogen) atoms. The van der Waals surface area contributed by atoms with Gasteiger partial charge in [-0.25, -0.2) is 0 Å². The molecule has 1 aliphatic rings. The lowest BCUT2D eigenvalue weighted by atomic mass is 9.83. The molecule has 0 bridgehead atoms. The summed E-state index contributed by atoms with van der Waals surface area (Å²) in [6.07, 6.45) is 6.73. The summed E-state index contributed by atoms with van der Waals surface area (Å²) in [6.45, 7) is 0. The molecule has 1 nitrogen and oxygen atoms in total.